The summed E-state index contributed by atoms with van der Waals surface area (Å²) in [5.41, 5.74) is 1.08. The molecule has 21 heavy (non-hydrogen) atoms. The smallest absolute Gasteiger partial charge is 0.129 e. The fourth-order valence-corrected chi connectivity index (χ4v) is 3.01. The highest BCUT2D eigenvalue weighted by Crippen LogP contribution is 2.25. The number of rotatable bonds is 6. The molecule has 1 aromatic heterocycles. The van der Waals surface area contributed by atoms with E-state index in [0.29, 0.717) is 6.04 Å². The minimum atomic E-state index is 0.538. The van der Waals surface area contributed by atoms with Gasteiger partial charge in [-0.3, -0.25) is 0 Å². The molecule has 112 valence electrons. The van der Waals surface area contributed by atoms with Crippen LogP contribution in [0.3, 0.4) is 0 Å². The quantitative estimate of drug-likeness (QED) is 0.827. The van der Waals surface area contributed by atoms with Crippen molar-refractivity contribution in [2.24, 2.45) is 0 Å². The third-order valence-electron chi connectivity index (χ3n) is 4.12. The van der Waals surface area contributed by atoms with Crippen LogP contribution in [0.1, 0.15) is 12.8 Å². The molecule has 1 aromatic carbocycles. The van der Waals surface area contributed by atoms with Crippen molar-refractivity contribution in [3.8, 4) is 0 Å². The van der Waals surface area contributed by atoms with Gasteiger partial charge in [0.1, 0.15) is 5.82 Å². The van der Waals surface area contributed by atoms with Crippen LogP contribution in [0.25, 0.3) is 10.9 Å². The molecule has 1 aliphatic heterocycles. The van der Waals surface area contributed by atoms with Crippen LogP contribution in [-0.4, -0.2) is 44.4 Å². The minimum Gasteiger partial charge on any atom is -0.383 e. The molecule has 4 heteroatoms. The maximum absolute atomic E-state index is 5.08. The SMILES string of the molecule is COCCNCC1CCCN1c1ccc2ccccc2n1. The Labute approximate surface area is 126 Å². The predicted octanol–water partition coefficient (Wildman–Crippen LogP) is 2.44. The molecule has 2 aromatic rings. The number of benzene rings is 1. The average molecular weight is 285 g/mol. The van der Waals surface area contributed by atoms with Crippen LogP contribution >= 0.6 is 0 Å². The van der Waals surface area contributed by atoms with E-state index in [-0.39, 0.29) is 0 Å². The van der Waals surface area contributed by atoms with E-state index in [1.165, 1.54) is 18.2 Å². The highest BCUT2D eigenvalue weighted by atomic mass is 16.5. The van der Waals surface area contributed by atoms with Gasteiger partial charge in [0.2, 0.25) is 0 Å². The first-order valence-corrected chi connectivity index (χ1v) is 7.70. The van der Waals surface area contributed by atoms with Gasteiger partial charge in [-0.05, 0) is 31.0 Å². The van der Waals surface area contributed by atoms with Crippen molar-refractivity contribution < 1.29 is 4.74 Å². The number of hydrogen-bond acceptors (Lipinski definition) is 4. The second-order valence-electron chi connectivity index (χ2n) is 5.55. The van der Waals surface area contributed by atoms with Gasteiger partial charge < -0.3 is 15.0 Å². The fraction of sp³-hybridized carbons (Fsp3) is 0.471. The molecule has 0 aliphatic carbocycles. The Morgan fingerprint density at radius 3 is 3.10 bits per heavy atom. The predicted molar refractivity (Wildman–Crippen MR) is 86.9 cm³/mol. The molecular weight excluding hydrogens is 262 g/mol. The molecule has 0 saturated carbocycles. The minimum absolute atomic E-state index is 0.538. The average Bonchev–Trinajstić information content (AvgIpc) is 2.99. The first-order valence-electron chi connectivity index (χ1n) is 7.70. The summed E-state index contributed by atoms with van der Waals surface area (Å²) >= 11 is 0. The molecule has 0 amide bonds. The lowest BCUT2D eigenvalue weighted by atomic mass is 10.2. The van der Waals surface area contributed by atoms with Gasteiger partial charge in [0.15, 0.2) is 0 Å². The van der Waals surface area contributed by atoms with Gasteiger partial charge in [0, 0.05) is 38.2 Å². The van der Waals surface area contributed by atoms with Crippen molar-refractivity contribution in [2.75, 3.05) is 38.3 Å². The van der Waals surface area contributed by atoms with Crippen LogP contribution in [0.5, 0.6) is 0 Å². The Morgan fingerprint density at radius 2 is 2.19 bits per heavy atom. The number of nitrogens with one attached hydrogen (secondary N) is 1. The Balaban J connectivity index is 1.70. The second kappa shape index (κ2) is 6.87. The topological polar surface area (TPSA) is 37.4 Å². The molecule has 1 saturated heterocycles. The van der Waals surface area contributed by atoms with Crippen molar-refractivity contribution in [3.05, 3.63) is 36.4 Å². The number of para-hydroxylation sites is 1. The summed E-state index contributed by atoms with van der Waals surface area (Å²) in [6, 6.07) is 13.2. The van der Waals surface area contributed by atoms with E-state index in [1.807, 2.05) is 6.07 Å². The van der Waals surface area contributed by atoms with Crippen LogP contribution in [-0.2, 0) is 4.74 Å². The number of hydrogen-bond donors (Lipinski definition) is 1. The van der Waals surface area contributed by atoms with E-state index in [9.17, 15) is 0 Å². The Kier molecular flexibility index (Phi) is 4.68. The van der Waals surface area contributed by atoms with Crippen molar-refractivity contribution in [2.45, 2.75) is 18.9 Å². The van der Waals surface area contributed by atoms with E-state index < -0.39 is 0 Å². The van der Waals surface area contributed by atoms with Crippen LogP contribution in [0.2, 0.25) is 0 Å². The molecule has 2 heterocycles. The summed E-state index contributed by atoms with van der Waals surface area (Å²) in [7, 11) is 1.74. The molecular formula is C17H23N3O. The lowest BCUT2D eigenvalue weighted by Gasteiger charge is -2.26. The van der Waals surface area contributed by atoms with Gasteiger partial charge in [-0.15, -0.1) is 0 Å². The highest BCUT2D eigenvalue weighted by Gasteiger charge is 2.25. The standard InChI is InChI=1S/C17H23N3O/c1-21-12-10-18-13-15-6-4-11-20(15)17-9-8-14-5-2-3-7-16(14)19-17/h2-3,5,7-9,15,18H,4,6,10-13H2,1H3. The zero-order valence-electron chi connectivity index (χ0n) is 12.6. The zero-order chi connectivity index (χ0) is 14.5. The molecule has 1 aliphatic rings. The first kappa shape index (κ1) is 14.3. The maximum Gasteiger partial charge on any atom is 0.129 e. The van der Waals surface area contributed by atoms with E-state index in [1.54, 1.807) is 7.11 Å². The van der Waals surface area contributed by atoms with Gasteiger partial charge in [-0.1, -0.05) is 18.2 Å². The molecule has 3 rings (SSSR count). The van der Waals surface area contributed by atoms with E-state index in [4.69, 9.17) is 9.72 Å². The van der Waals surface area contributed by atoms with Crippen molar-refractivity contribution in [3.63, 3.8) is 0 Å². The summed E-state index contributed by atoms with van der Waals surface area (Å²) in [5.74, 6) is 1.10. The summed E-state index contributed by atoms with van der Waals surface area (Å²) in [6.07, 6.45) is 2.47. The van der Waals surface area contributed by atoms with Crippen LogP contribution in [0, 0.1) is 0 Å². The Morgan fingerprint density at radius 1 is 1.29 bits per heavy atom. The maximum atomic E-state index is 5.08. The number of ether oxygens (including phenoxy) is 1. The van der Waals surface area contributed by atoms with Gasteiger partial charge >= 0.3 is 0 Å². The molecule has 0 radical (unpaired) electrons. The van der Waals surface area contributed by atoms with Crippen LogP contribution in [0.15, 0.2) is 36.4 Å². The van der Waals surface area contributed by atoms with Crippen molar-refractivity contribution in [1.29, 1.82) is 0 Å². The van der Waals surface area contributed by atoms with Crippen LogP contribution in [0.4, 0.5) is 5.82 Å². The molecule has 1 atom stereocenters. The van der Waals surface area contributed by atoms with E-state index in [0.717, 1.165) is 37.6 Å². The van der Waals surface area contributed by atoms with Gasteiger partial charge in [-0.25, -0.2) is 4.98 Å². The fourth-order valence-electron chi connectivity index (χ4n) is 3.01. The van der Waals surface area contributed by atoms with Gasteiger partial charge in [0.25, 0.3) is 0 Å². The van der Waals surface area contributed by atoms with Crippen molar-refractivity contribution in [1.82, 2.24) is 10.3 Å². The number of aromatic nitrogens is 1. The summed E-state index contributed by atoms with van der Waals surface area (Å²) in [5, 5.41) is 4.67. The normalized spacial score (nSPS) is 18.5. The van der Waals surface area contributed by atoms with E-state index >= 15 is 0 Å². The number of methoxy groups -OCH3 is 1. The highest BCUT2D eigenvalue weighted by molar-refractivity contribution is 5.80. The number of pyridine rings is 1. The molecule has 1 unspecified atom stereocenters. The third kappa shape index (κ3) is 3.34. The summed E-state index contributed by atoms with van der Waals surface area (Å²) < 4.78 is 5.08. The second-order valence-corrected chi connectivity index (χ2v) is 5.55. The summed E-state index contributed by atoms with van der Waals surface area (Å²) in [4.78, 5) is 7.26. The number of fused-ring (bicyclic) bond motifs is 1. The molecule has 0 spiro atoms. The number of anilines is 1. The first-order chi connectivity index (χ1) is 10.4. The Hall–Kier alpha value is -1.65. The van der Waals surface area contributed by atoms with E-state index in [2.05, 4.69) is 40.5 Å². The third-order valence-corrected chi connectivity index (χ3v) is 4.12. The molecule has 1 fully saturated rings. The Bertz CT molecular complexity index is 587. The van der Waals surface area contributed by atoms with Crippen molar-refractivity contribution >= 4 is 16.7 Å². The summed E-state index contributed by atoms with van der Waals surface area (Å²) in [6.45, 7) is 3.77. The molecule has 4 nitrogen and oxygen atoms in total. The lowest BCUT2D eigenvalue weighted by molar-refractivity contribution is 0.199. The van der Waals surface area contributed by atoms with Crippen LogP contribution < -0.4 is 10.2 Å². The molecule has 1 N–H and O–H groups in total. The zero-order valence-corrected chi connectivity index (χ0v) is 12.6. The monoisotopic (exact) mass is 285 g/mol. The lowest BCUT2D eigenvalue weighted by Crippen LogP contribution is -2.39. The number of nitrogens with zero attached hydrogens (tertiary/aromatic N) is 2. The van der Waals surface area contributed by atoms with Gasteiger partial charge in [-0.2, -0.15) is 0 Å². The van der Waals surface area contributed by atoms with Gasteiger partial charge in [0.05, 0.1) is 12.1 Å². The largest absolute Gasteiger partial charge is 0.383 e. The molecule has 0 bridgehead atoms.